The second kappa shape index (κ2) is 4.96. The van der Waals surface area contributed by atoms with Crippen molar-refractivity contribution in [3.05, 3.63) is 47.5 Å². The molecule has 18 heavy (non-hydrogen) atoms. The Morgan fingerprint density at radius 2 is 2.00 bits per heavy atom. The summed E-state index contributed by atoms with van der Waals surface area (Å²) in [6, 6.07) is 11.9. The molecular formula is C14H14ClNO2. The lowest BCUT2D eigenvalue weighted by molar-refractivity contribution is -0.139. The Hall–Kier alpha value is -1.58. The van der Waals surface area contributed by atoms with E-state index in [0.717, 1.165) is 0 Å². The van der Waals surface area contributed by atoms with Gasteiger partial charge >= 0.3 is 5.97 Å². The van der Waals surface area contributed by atoms with Gasteiger partial charge in [0, 0.05) is 6.54 Å². The summed E-state index contributed by atoms with van der Waals surface area (Å²) in [6.45, 7) is 0.636. The first kappa shape index (κ1) is 12.9. The molecule has 4 heteroatoms. The van der Waals surface area contributed by atoms with Gasteiger partial charge in [0.1, 0.15) is 6.04 Å². The molecule has 2 aromatic rings. The lowest BCUT2D eigenvalue weighted by Crippen LogP contribution is -2.41. The zero-order chi connectivity index (χ0) is 11.8. The van der Waals surface area contributed by atoms with Crippen molar-refractivity contribution < 1.29 is 9.90 Å². The van der Waals surface area contributed by atoms with Crippen molar-refractivity contribution in [2.75, 3.05) is 0 Å². The van der Waals surface area contributed by atoms with Crippen LogP contribution in [-0.4, -0.2) is 17.1 Å². The van der Waals surface area contributed by atoms with Crippen molar-refractivity contribution in [2.45, 2.75) is 19.0 Å². The van der Waals surface area contributed by atoms with Crippen molar-refractivity contribution in [2.24, 2.45) is 0 Å². The summed E-state index contributed by atoms with van der Waals surface area (Å²) >= 11 is 0. The molecule has 1 aliphatic heterocycles. The number of hydrogen-bond donors (Lipinski definition) is 2. The van der Waals surface area contributed by atoms with Crippen molar-refractivity contribution in [3.63, 3.8) is 0 Å². The van der Waals surface area contributed by atoms with Gasteiger partial charge in [-0.1, -0.05) is 36.4 Å². The molecule has 0 amide bonds. The molecule has 0 saturated carbocycles. The fraction of sp³-hybridized carbons (Fsp3) is 0.214. The lowest BCUT2D eigenvalue weighted by Gasteiger charge is -2.24. The highest BCUT2D eigenvalue weighted by Gasteiger charge is 2.24. The first-order valence-electron chi connectivity index (χ1n) is 5.71. The van der Waals surface area contributed by atoms with E-state index >= 15 is 0 Å². The maximum absolute atomic E-state index is 11.0. The fourth-order valence-corrected chi connectivity index (χ4v) is 2.47. The largest absolute Gasteiger partial charge is 0.480 e. The summed E-state index contributed by atoms with van der Waals surface area (Å²) in [5, 5.41) is 14.5. The van der Waals surface area contributed by atoms with E-state index in [1.165, 1.54) is 21.9 Å². The van der Waals surface area contributed by atoms with Crippen LogP contribution < -0.4 is 5.32 Å². The first-order chi connectivity index (χ1) is 8.25. The van der Waals surface area contributed by atoms with Crippen LogP contribution in [0.3, 0.4) is 0 Å². The molecule has 0 fully saturated rings. The highest BCUT2D eigenvalue weighted by atomic mass is 35.5. The lowest BCUT2D eigenvalue weighted by atomic mass is 9.91. The number of carboxylic acid groups (broad SMARTS) is 1. The van der Waals surface area contributed by atoms with Crippen LogP contribution >= 0.6 is 12.4 Å². The summed E-state index contributed by atoms with van der Waals surface area (Å²) in [6.07, 6.45) is 0.562. The second-order valence-electron chi connectivity index (χ2n) is 4.40. The molecule has 2 aromatic carbocycles. The number of nitrogens with one attached hydrogen (secondary N) is 1. The maximum Gasteiger partial charge on any atom is 0.321 e. The Balaban J connectivity index is 0.00000120. The van der Waals surface area contributed by atoms with E-state index in [9.17, 15) is 4.79 Å². The van der Waals surface area contributed by atoms with Crippen molar-refractivity contribution >= 4 is 29.1 Å². The first-order valence-corrected chi connectivity index (χ1v) is 5.71. The van der Waals surface area contributed by atoms with Gasteiger partial charge in [0.15, 0.2) is 0 Å². The van der Waals surface area contributed by atoms with Crippen LogP contribution in [0.15, 0.2) is 36.4 Å². The number of hydrogen-bond acceptors (Lipinski definition) is 2. The van der Waals surface area contributed by atoms with Gasteiger partial charge in [0.25, 0.3) is 0 Å². The molecule has 0 spiro atoms. The molecule has 0 radical (unpaired) electrons. The van der Waals surface area contributed by atoms with Gasteiger partial charge < -0.3 is 10.4 Å². The number of carbonyl (C=O) groups is 1. The normalized spacial score (nSPS) is 17.9. The Bertz CT molecular complexity index is 597. The minimum absolute atomic E-state index is 0. The van der Waals surface area contributed by atoms with Crippen LogP contribution in [0.5, 0.6) is 0 Å². The summed E-state index contributed by atoms with van der Waals surface area (Å²) in [4.78, 5) is 11.0. The Labute approximate surface area is 111 Å². The Morgan fingerprint density at radius 3 is 2.78 bits per heavy atom. The van der Waals surface area contributed by atoms with Crippen molar-refractivity contribution in [1.29, 1.82) is 0 Å². The number of fused-ring (bicyclic) bond motifs is 3. The molecule has 2 N–H and O–H groups in total. The van der Waals surface area contributed by atoms with Crippen LogP contribution in [0.25, 0.3) is 10.8 Å². The highest BCUT2D eigenvalue weighted by molar-refractivity contribution is 5.88. The molecule has 0 unspecified atom stereocenters. The molecular weight excluding hydrogens is 250 g/mol. The number of aliphatic carboxylic acids is 1. The summed E-state index contributed by atoms with van der Waals surface area (Å²) in [5.41, 5.74) is 2.38. The average Bonchev–Trinajstić information content (AvgIpc) is 2.38. The average molecular weight is 264 g/mol. The van der Waals surface area contributed by atoms with E-state index in [0.29, 0.717) is 13.0 Å². The molecule has 1 aliphatic rings. The van der Waals surface area contributed by atoms with E-state index in [1.54, 1.807) is 0 Å². The van der Waals surface area contributed by atoms with Crippen LogP contribution in [0.4, 0.5) is 0 Å². The highest BCUT2D eigenvalue weighted by Crippen LogP contribution is 2.26. The van der Waals surface area contributed by atoms with Crippen LogP contribution in [0.1, 0.15) is 11.1 Å². The SMILES string of the molecule is Cl.O=C(O)[C@@H]1Cc2c(ccc3ccccc23)CN1. The van der Waals surface area contributed by atoms with Gasteiger partial charge in [-0.2, -0.15) is 0 Å². The molecule has 3 nitrogen and oxygen atoms in total. The summed E-state index contributed by atoms with van der Waals surface area (Å²) in [5.74, 6) is -0.774. The number of halogens is 1. The van der Waals surface area contributed by atoms with Crippen LogP contribution in [-0.2, 0) is 17.8 Å². The van der Waals surface area contributed by atoms with E-state index in [2.05, 4.69) is 29.6 Å². The second-order valence-corrected chi connectivity index (χ2v) is 4.40. The monoisotopic (exact) mass is 263 g/mol. The third-order valence-electron chi connectivity index (χ3n) is 3.38. The Morgan fingerprint density at radius 1 is 1.22 bits per heavy atom. The molecule has 0 aromatic heterocycles. The quantitative estimate of drug-likeness (QED) is 0.830. The standard InChI is InChI=1S/C14H13NO2.ClH/c16-14(17)13-7-12-10(8-15-13)6-5-9-3-1-2-4-11(9)12;/h1-6,13,15H,7-8H2,(H,16,17);1H/t13-;/m0./s1. The van der Waals surface area contributed by atoms with Gasteiger partial charge in [-0.05, 0) is 28.3 Å². The van der Waals surface area contributed by atoms with Crippen LogP contribution in [0.2, 0.25) is 0 Å². The molecule has 0 saturated heterocycles. The topological polar surface area (TPSA) is 49.3 Å². The minimum atomic E-state index is -0.774. The van der Waals surface area contributed by atoms with Crippen LogP contribution in [0, 0.1) is 0 Å². The van der Waals surface area contributed by atoms with Gasteiger partial charge in [-0.3, -0.25) is 4.79 Å². The molecule has 94 valence electrons. The predicted molar refractivity (Wildman–Crippen MR) is 73.2 cm³/mol. The van der Waals surface area contributed by atoms with Gasteiger partial charge in [-0.25, -0.2) is 0 Å². The van der Waals surface area contributed by atoms with E-state index in [4.69, 9.17) is 5.11 Å². The third kappa shape index (κ3) is 2.07. The minimum Gasteiger partial charge on any atom is -0.480 e. The molecule has 0 aliphatic carbocycles. The predicted octanol–water partition coefficient (Wildman–Crippen LogP) is 2.36. The molecule has 1 heterocycles. The van der Waals surface area contributed by atoms with Gasteiger partial charge in [-0.15, -0.1) is 12.4 Å². The third-order valence-corrected chi connectivity index (χ3v) is 3.38. The van der Waals surface area contributed by atoms with E-state index < -0.39 is 12.0 Å². The zero-order valence-corrected chi connectivity index (χ0v) is 10.5. The zero-order valence-electron chi connectivity index (χ0n) is 9.72. The molecule has 0 bridgehead atoms. The molecule has 1 atom stereocenters. The number of rotatable bonds is 1. The van der Waals surface area contributed by atoms with Gasteiger partial charge in [0.05, 0.1) is 0 Å². The van der Waals surface area contributed by atoms with Crippen molar-refractivity contribution in [3.8, 4) is 0 Å². The van der Waals surface area contributed by atoms with Gasteiger partial charge in [0.2, 0.25) is 0 Å². The number of carboxylic acids is 1. The summed E-state index contributed by atoms with van der Waals surface area (Å²) < 4.78 is 0. The van der Waals surface area contributed by atoms with E-state index in [1.807, 2.05) is 12.1 Å². The Kier molecular flexibility index (Phi) is 3.55. The van der Waals surface area contributed by atoms with Crippen molar-refractivity contribution in [1.82, 2.24) is 5.32 Å². The maximum atomic E-state index is 11.0. The summed E-state index contributed by atoms with van der Waals surface area (Å²) in [7, 11) is 0. The fourth-order valence-electron chi connectivity index (χ4n) is 2.47. The molecule has 3 rings (SSSR count). The number of benzene rings is 2. The smallest absolute Gasteiger partial charge is 0.321 e. The van der Waals surface area contributed by atoms with E-state index in [-0.39, 0.29) is 12.4 Å².